The average Bonchev–Trinajstić information content (AvgIpc) is 2.81. The van der Waals surface area contributed by atoms with E-state index in [-0.39, 0.29) is 6.04 Å². The molecule has 2 aromatic heterocycles. The molecule has 0 fully saturated rings. The Bertz CT molecular complexity index is 503. The second-order valence-corrected chi connectivity index (χ2v) is 4.78. The number of imidazole rings is 1. The SMILES string of the molecule is CCCNC(Cc1nccn1C)c1ncc(C)cn1. The van der Waals surface area contributed by atoms with Gasteiger partial charge in [-0.05, 0) is 25.5 Å². The van der Waals surface area contributed by atoms with E-state index in [1.807, 2.05) is 43.3 Å². The van der Waals surface area contributed by atoms with Crippen LogP contribution in [0.4, 0.5) is 0 Å². The zero-order valence-corrected chi connectivity index (χ0v) is 11.8. The normalized spacial score (nSPS) is 12.6. The summed E-state index contributed by atoms with van der Waals surface area (Å²) in [4.78, 5) is 13.2. The van der Waals surface area contributed by atoms with Crippen molar-refractivity contribution in [2.24, 2.45) is 7.05 Å². The second kappa shape index (κ2) is 6.43. The number of rotatable bonds is 6. The van der Waals surface area contributed by atoms with E-state index >= 15 is 0 Å². The first-order valence-electron chi connectivity index (χ1n) is 6.68. The van der Waals surface area contributed by atoms with Crippen LogP contribution in [0.3, 0.4) is 0 Å². The Morgan fingerprint density at radius 1 is 1.26 bits per heavy atom. The Labute approximate surface area is 114 Å². The number of aromatic nitrogens is 4. The highest BCUT2D eigenvalue weighted by Gasteiger charge is 2.16. The number of nitrogens with one attached hydrogen (secondary N) is 1. The Morgan fingerprint density at radius 2 is 2.00 bits per heavy atom. The molecule has 0 bridgehead atoms. The molecule has 19 heavy (non-hydrogen) atoms. The van der Waals surface area contributed by atoms with E-state index in [0.29, 0.717) is 0 Å². The summed E-state index contributed by atoms with van der Waals surface area (Å²) in [6.45, 7) is 5.10. The van der Waals surface area contributed by atoms with Gasteiger partial charge in [-0.15, -0.1) is 0 Å². The minimum Gasteiger partial charge on any atom is -0.338 e. The van der Waals surface area contributed by atoms with Crippen molar-refractivity contribution in [1.82, 2.24) is 24.8 Å². The monoisotopic (exact) mass is 259 g/mol. The van der Waals surface area contributed by atoms with Crippen LogP contribution < -0.4 is 5.32 Å². The smallest absolute Gasteiger partial charge is 0.145 e. The van der Waals surface area contributed by atoms with E-state index in [1.165, 1.54) is 0 Å². The molecule has 0 aliphatic carbocycles. The first kappa shape index (κ1) is 13.7. The Kier molecular flexibility index (Phi) is 4.63. The molecule has 1 N–H and O–H groups in total. The molecule has 0 amide bonds. The summed E-state index contributed by atoms with van der Waals surface area (Å²) < 4.78 is 2.04. The number of hydrogen-bond donors (Lipinski definition) is 1. The van der Waals surface area contributed by atoms with Crippen molar-refractivity contribution < 1.29 is 0 Å². The van der Waals surface area contributed by atoms with Crippen LogP contribution in [0.2, 0.25) is 0 Å². The van der Waals surface area contributed by atoms with Gasteiger partial charge in [0.2, 0.25) is 0 Å². The van der Waals surface area contributed by atoms with Crippen LogP contribution in [-0.2, 0) is 13.5 Å². The van der Waals surface area contributed by atoms with Gasteiger partial charge in [-0.3, -0.25) is 0 Å². The first-order valence-corrected chi connectivity index (χ1v) is 6.68. The van der Waals surface area contributed by atoms with Crippen LogP contribution in [-0.4, -0.2) is 26.1 Å². The van der Waals surface area contributed by atoms with Crippen LogP contribution in [0, 0.1) is 6.92 Å². The highest BCUT2D eigenvalue weighted by molar-refractivity contribution is 5.07. The Balaban J connectivity index is 2.15. The van der Waals surface area contributed by atoms with E-state index < -0.39 is 0 Å². The fourth-order valence-electron chi connectivity index (χ4n) is 1.93. The van der Waals surface area contributed by atoms with E-state index in [4.69, 9.17) is 0 Å². The molecule has 0 saturated heterocycles. The van der Waals surface area contributed by atoms with Gasteiger partial charge in [-0.25, -0.2) is 15.0 Å². The lowest BCUT2D eigenvalue weighted by Crippen LogP contribution is -2.27. The van der Waals surface area contributed by atoms with E-state index in [2.05, 4.69) is 27.2 Å². The molecule has 5 heteroatoms. The molecular weight excluding hydrogens is 238 g/mol. The molecule has 1 atom stereocenters. The molecule has 1 unspecified atom stereocenters. The van der Waals surface area contributed by atoms with Gasteiger partial charge >= 0.3 is 0 Å². The standard InChI is InChI=1S/C14H21N5/c1-4-5-15-12(8-13-16-6-7-19(13)3)14-17-9-11(2)10-18-14/h6-7,9-10,12,15H,4-5,8H2,1-3H3. The van der Waals surface area contributed by atoms with Gasteiger partial charge < -0.3 is 9.88 Å². The molecule has 0 aromatic carbocycles. The Morgan fingerprint density at radius 3 is 2.58 bits per heavy atom. The van der Waals surface area contributed by atoms with Gasteiger partial charge in [0.1, 0.15) is 11.6 Å². The lowest BCUT2D eigenvalue weighted by molar-refractivity contribution is 0.489. The second-order valence-electron chi connectivity index (χ2n) is 4.78. The summed E-state index contributed by atoms with van der Waals surface area (Å²) in [5.41, 5.74) is 1.08. The van der Waals surface area contributed by atoms with Crippen molar-refractivity contribution in [1.29, 1.82) is 0 Å². The predicted octanol–water partition coefficient (Wildman–Crippen LogP) is 1.80. The summed E-state index contributed by atoms with van der Waals surface area (Å²) in [6.07, 6.45) is 9.39. The highest BCUT2D eigenvalue weighted by Crippen LogP contribution is 2.13. The summed E-state index contributed by atoms with van der Waals surface area (Å²) in [7, 11) is 2.01. The van der Waals surface area contributed by atoms with Crippen LogP contribution in [0.25, 0.3) is 0 Å². The summed E-state index contributed by atoms with van der Waals surface area (Å²) in [6, 6.07) is 0.113. The molecule has 2 aromatic rings. The summed E-state index contributed by atoms with van der Waals surface area (Å²) >= 11 is 0. The minimum atomic E-state index is 0.113. The van der Waals surface area contributed by atoms with Gasteiger partial charge in [0.25, 0.3) is 0 Å². The molecule has 2 heterocycles. The maximum atomic E-state index is 4.43. The number of hydrogen-bond acceptors (Lipinski definition) is 4. The van der Waals surface area contributed by atoms with Crippen molar-refractivity contribution >= 4 is 0 Å². The number of nitrogens with zero attached hydrogens (tertiary/aromatic N) is 4. The van der Waals surface area contributed by atoms with Crippen molar-refractivity contribution in [3.63, 3.8) is 0 Å². The van der Waals surface area contributed by atoms with Crippen molar-refractivity contribution in [2.75, 3.05) is 6.54 Å². The minimum absolute atomic E-state index is 0.113. The van der Waals surface area contributed by atoms with Crippen molar-refractivity contribution in [3.05, 3.63) is 42.0 Å². The first-order chi connectivity index (χ1) is 9.20. The largest absolute Gasteiger partial charge is 0.338 e. The molecule has 5 nitrogen and oxygen atoms in total. The Hall–Kier alpha value is -1.75. The molecule has 0 radical (unpaired) electrons. The fraction of sp³-hybridized carbons (Fsp3) is 0.500. The van der Waals surface area contributed by atoms with Gasteiger partial charge in [0.05, 0.1) is 6.04 Å². The van der Waals surface area contributed by atoms with Crippen molar-refractivity contribution in [2.45, 2.75) is 32.7 Å². The molecule has 102 valence electrons. The summed E-state index contributed by atoms with van der Waals surface area (Å²) in [5.74, 6) is 1.87. The van der Waals surface area contributed by atoms with Crippen molar-refractivity contribution in [3.8, 4) is 0 Å². The highest BCUT2D eigenvalue weighted by atomic mass is 15.1. The maximum absolute atomic E-state index is 4.43. The molecule has 0 aliphatic rings. The zero-order chi connectivity index (χ0) is 13.7. The zero-order valence-electron chi connectivity index (χ0n) is 11.8. The van der Waals surface area contributed by atoms with Crippen LogP contribution in [0.5, 0.6) is 0 Å². The van der Waals surface area contributed by atoms with Crippen LogP contribution in [0.15, 0.2) is 24.8 Å². The fourth-order valence-corrected chi connectivity index (χ4v) is 1.93. The molecule has 0 aliphatic heterocycles. The van der Waals surface area contributed by atoms with Gasteiger partial charge in [0.15, 0.2) is 0 Å². The lowest BCUT2D eigenvalue weighted by Gasteiger charge is -2.17. The third kappa shape index (κ3) is 3.61. The van der Waals surface area contributed by atoms with E-state index in [1.54, 1.807) is 0 Å². The maximum Gasteiger partial charge on any atom is 0.145 e. The summed E-state index contributed by atoms with van der Waals surface area (Å²) in [5, 5.41) is 3.49. The van der Waals surface area contributed by atoms with Gasteiger partial charge in [0, 0.05) is 38.3 Å². The topological polar surface area (TPSA) is 55.6 Å². The number of aryl methyl sites for hydroxylation is 2. The third-order valence-electron chi connectivity index (χ3n) is 3.06. The average molecular weight is 259 g/mol. The van der Waals surface area contributed by atoms with E-state index in [9.17, 15) is 0 Å². The molecule has 0 spiro atoms. The molecule has 0 saturated carbocycles. The van der Waals surface area contributed by atoms with E-state index in [0.717, 1.165) is 36.6 Å². The molecule has 2 rings (SSSR count). The van der Waals surface area contributed by atoms with Crippen LogP contribution in [0.1, 0.15) is 36.6 Å². The van der Waals surface area contributed by atoms with Crippen LogP contribution >= 0.6 is 0 Å². The van der Waals surface area contributed by atoms with Gasteiger partial charge in [-0.2, -0.15) is 0 Å². The lowest BCUT2D eigenvalue weighted by atomic mass is 10.1. The molecular formula is C14H21N5. The predicted molar refractivity (Wildman–Crippen MR) is 74.7 cm³/mol. The third-order valence-corrected chi connectivity index (χ3v) is 3.06. The quantitative estimate of drug-likeness (QED) is 0.859. The van der Waals surface area contributed by atoms with Gasteiger partial charge in [-0.1, -0.05) is 6.92 Å².